The standard InChI is InChI=1S/C15H13BFNO2/c1-9(19)18-14-7-6-10(8-13(14)17)11-4-3-5-12(16)15(11)20-2/h3-8H,1-2H3,(H,18,19). The van der Waals surface area contributed by atoms with E-state index < -0.39 is 5.82 Å². The topological polar surface area (TPSA) is 38.3 Å². The van der Waals surface area contributed by atoms with Gasteiger partial charge in [0.25, 0.3) is 0 Å². The lowest BCUT2D eigenvalue weighted by Gasteiger charge is -2.13. The second-order valence-corrected chi connectivity index (χ2v) is 4.30. The second kappa shape index (κ2) is 5.78. The summed E-state index contributed by atoms with van der Waals surface area (Å²) in [6.45, 7) is 1.33. The van der Waals surface area contributed by atoms with E-state index in [1.807, 2.05) is 0 Å². The number of rotatable bonds is 3. The fraction of sp³-hybridized carbons (Fsp3) is 0.133. The zero-order valence-corrected chi connectivity index (χ0v) is 11.2. The minimum atomic E-state index is -0.512. The molecule has 3 nitrogen and oxygen atoms in total. The molecule has 1 N–H and O–H groups in total. The lowest BCUT2D eigenvalue weighted by Crippen LogP contribution is -2.09. The van der Waals surface area contributed by atoms with Crippen LogP contribution in [0.3, 0.4) is 0 Å². The van der Waals surface area contributed by atoms with Crippen LogP contribution in [-0.2, 0) is 4.79 Å². The highest BCUT2D eigenvalue weighted by atomic mass is 19.1. The van der Waals surface area contributed by atoms with Gasteiger partial charge in [-0.15, -0.1) is 0 Å². The Morgan fingerprint density at radius 3 is 2.65 bits per heavy atom. The molecule has 2 rings (SSSR count). The van der Waals surface area contributed by atoms with Crippen LogP contribution < -0.4 is 15.5 Å². The van der Waals surface area contributed by atoms with Crippen LogP contribution in [0.2, 0.25) is 0 Å². The highest BCUT2D eigenvalue weighted by Crippen LogP contribution is 2.30. The van der Waals surface area contributed by atoms with Crippen molar-refractivity contribution in [1.29, 1.82) is 0 Å². The first-order valence-corrected chi connectivity index (χ1v) is 6.03. The third kappa shape index (κ3) is 2.82. The molecular formula is C15H13BFNO2. The Bertz CT molecular complexity index is 658. The smallest absolute Gasteiger partial charge is 0.221 e. The molecule has 0 saturated heterocycles. The molecule has 0 heterocycles. The number of hydrogen-bond acceptors (Lipinski definition) is 2. The van der Waals surface area contributed by atoms with Crippen LogP contribution in [0.5, 0.6) is 5.75 Å². The van der Waals surface area contributed by atoms with Crippen LogP contribution in [0.15, 0.2) is 36.4 Å². The van der Waals surface area contributed by atoms with Crippen LogP contribution in [0.1, 0.15) is 6.92 Å². The molecule has 0 spiro atoms. The summed E-state index contributed by atoms with van der Waals surface area (Å²) >= 11 is 0. The van der Waals surface area contributed by atoms with Gasteiger partial charge in [-0.3, -0.25) is 4.79 Å². The maximum absolute atomic E-state index is 13.9. The number of methoxy groups -OCH3 is 1. The predicted octanol–water partition coefficient (Wildman–Crippen LogP) is 2.25. The lowest BCUT2D eigenvalue weighted by atomic mass is 9.90. The first kappa shape index (κ1) is 14.1. The van der Waals surface area contributed by atoms with Crippen LogP contribution >= 0.6 is 0 Å². The Balaban J connectivity index is 2.47. The summed E-state index contributed by atoms with van der Waals surface area (Å²) in [6.07, 6.45) is 0. The molecule has 0 atom stereocenters. The highest BCUT2D eigenvalue weighted by molar-refractivity contribution is 6.34. The molecular weight excluding hydrogens is 256 g/mol. The molecule has 100 valence electrons. The van der Waals surface area contributed by atoms with Gasteiger partial charge in [-0.2, -0.15) is 0 Å². The fourth-order valence-corrected chi connectivity index (χ4v) is 1.98. The molecule has 0 aliphatic heterocycles. The number of carbonyl (C=O) groups is 1. The zero-order valence-electron chi connectivity index (χ0n) is 11.2. The van der Waals surface area contributed by atoms with Crippen molar-refractivity contribution in [2.75, 3.05) is 12.4 Å². The van der Waals surface area contributed by atoms with Gasteiger partial charge in [0.1, 0.15) is 19.4 Å². The molecule has 0 aliphatic carbocycles. The molecule has 0 fully saturated rings. The number of amides is 1. The van der Waals surface area contributed by atoms with Crippen molar-refractivity contribution in [2.45, 2.75) is 6.92 Å². The Morgan fingerprint density at radius 1 is 1.30 bits per heavy atom. The molecule has 0 saturated carbocycles. The van der Waals surface area contributed by atoms with Crippen LogP contribution in [0.4, 0.5) is 10.1 Å². The third-order valence-electron chi connectivity index (χ3n) is 2.84. The largest absolute Gasteiger partial charge is 0.497 e. The molecule has 5 heteroatoms. The number of hydrogen-bond donors (Lipinski definition) is 1. The van der Waals surface area contributed by atoms with Crippen LogP contribution in [-0.4, -0.2) is 20.9 Å². The van der Waals surface area contributed by atoms with E-state index in [4.69, 9.17) is 12.6 Å². The molecule has 20 heavy (non-hydrogen) atoms. The summed E-state index contributed by atoms with van der Waals surface area (Å²) in [4.78, 5) is 11.0. The van der Waals surface area contributed by atoms with Gasteiger partial charge in [0.15, 0.2) is 0 Å². The number of carbonyl (C=O) groups excluding carboxylic acids is 1. The Hall–Kier alpha value is -2.30. The zero-order chi connectivity index (χ0) is 14.7. The number of benzene rings is 2. The maximum Gasteiger partial charge on any atom is 0.221 e. The van der Waals surface area contributed by atoms with Crippen molar-refractivity contribution in [1.82, 2.24) is 0 Å². The third-order valence-corrected chi connectivity index (χ3v) is 2.84. The van der Waals surface area contributed by atoms with E-state index in [1.165, 1.54) is 26.2 Å². The predicted molar refractivity (Wildman–Crippen MR) is 78.1 cm³/mol. The lowest BCUT2D eigenvalue weighted by molar-refractivity contribution is -0.114. The molecule has 2 radical (unpaired) electrons. The average molecular weight is 269 g/mol. The Labute approximate surface area is 118 Å². The molecule has 0 bridgehead atoms. The first-order chi connectivity index (χ1) is 9.52. The number of ether oxygens (including phenoxy) is 1. The van der Waals surface area contributed by atoms with Gasteiger partial charge in [-0.05, 0) is 17.7 Å². The monoisotopic (exact) mass is 269 g/mol. The van der Waals surface area contributed by atoms with Gasteiger partial charge < -0.3 is 10.1 Å². The molecule has 1 amide bonds. The number of anilines is 1. The highest BCUT2D eigenvalue weighted by Gasteiger charge is 2.11. The minimum absolute atomic E-state index is 0.143. The second-order valence-electron chi connectivity index (χ2n) is 4.30. The van der Waals surface area contributed by atoms with Crippen molar-refractivity contribution in [3.8, 4) is 16.9 Å². The Morgan fingerprint density at radius 2 is 2.05 bits per heavy atom. The SMILES string of the molecule is [B]c1cccc(-c2ccc(NC(C)=O)c(F)c2)c1OC. The van der Waals surface area contributed by atoms with Gasteiger partial charge in [-0.25, -0.2) is 4.39 Å². The van der Waals surface area contributed by atoms with E-state index in [1.54, 1.807) is 24.3 Å². The van der Waals surface area contributed by atoms with Crippen molar-refractivity contribution in [2.24, 2.45) is 0 Å². The summed E-state index contributed by atoms with van der Waals surface area (Å²) in [5.41, 5.74) is 1.95. The van der Waals surface area contributed by atoms with Crippen LogP contribution in [0, 0.1) is 5.82 Å². The summed E-state index contributed by atoms with van der Waals surface area (Å²) in [7, 11) is 7.34. The fourth-order valence-electron chi connectivity index (χ4n) is 1.98. The van der Waals surface area contributed by atoms with Gasteiger partial charge in [0, 0.05) is 12.5 Å². The number of halogens is 1. The van der Waals surface area contributed by atoms with Crippen molar-refractivity contribution in [3.63, 3.8) is 0 Å². The van der Waals surface area contributed by atoms with Crippen molar-refractivity contribution < 1.29 is 13.9 Å². The summed E-state index contributed by atoms with van der Waals surface area (Å²) < 4.78 is 19.2. The van der Waals surface area contributed by atoms with Crippen molar-refractivity contribution in [3.05, 3.63) is 42.2 Å². The number of para-hydroxylation sites is 1. The van der Waals surface area contributed by atoms with E-state index in [9.17, 15) is 9.18 Å². The summed E-state index contributed by atoms with van der Waals surface area (Å²) in [5.74, 6) is -0.334. The van der Waals surface area contributed by atoms with Crippen LogP contribution in [0.25, 0.3) is 11.1 Å². The van der Waals surface area contributed by atoms with Gasteiger partial charge in [-0.1, -0.05) is 29.7 Å². The molecule has 0 unspecified atom stereocenters. The summed E-state index contributed by atoms with van der Waals surface area (Å²) in [6, 6.07) is 9.82. The Kier molecular flexibility index (Phi) is 4.08. The number of nitrogens with one attached hydrogen (secondary N) is 1. The molecule has 0 aliphatic rings. The normalized spacial score (nSPS) is 10.2. The molecule has 2 aromatic carbocycles. The summed E-state index contributed by atoms with van der Waals surface area (Å²) in [5, 5.41) is 2.42. The average Bonchev–Trinajstić information content (AvgIpc) is 2.40. The molecule has 2 aromatic rings. The van der Waals surface area contributed by atoms with E-state index in [0.29, 0.717) is 22.3 Å². The minimum Gasteiger partial charge on any atom is -0.497 e. The van der Waals surface area contributed by atoms with Gasteiger partial charge in [0.05, 0.1) is 12.8 Å². The van der Waals surface area contributed by atoms with E-state index in [0.717, 1.165) is 0 Å². The van der Waals surface area contributed by atoms with E-state index >= 15 is 0 Å². The molecule has 0 aromatic heterocycles. The quantitative estimate of drug-likeness (QED) is 0.868. The van der Waals surface area contributed by atoms with Crippen molar-refractivity contribution >= 4 is 24.9 Å². The van der Waals surface area contributed by atoms with E-state index in [-0.39, 0.29) is 11.6 Å². The first-order valence-electron chi connectivity index (χ1n) is 6.03. The van der Waals surface area contributed by atoms with E-state index in [2.05, 4.69) is 5.32 Å². The van der Waals surface area contributed by atoms with Gasteiger partial charge in [0.2, 0.25) is 5.91 Å². The van der Waals surface area contributed by atoms with Gasteiger partial charge >= 0.3 is 0 Å². The maximum atomic E-state index is 13.9.